The van der Waals surface area contributed by atoms with Crippen molar-refractivity contribution in [2.24, 2.45) is 0 Å². The monoisotopic (exact) mass is 340 g/mol. The average molecular weight is 340 g/mol. The summed E-state index contributed by atoms with van der Waals surface area (Å²) in [5.41, 5.74) is -0.317. The molecule has 0 radical (unpaired) electrons. The number of nitrogens with zero attached hydrogens (tertiary/aromatic N) is 1. The largest absolute Gasteiger partial charge is 0.468 e. The van der Waals surface area contributed by atoms with Crippen LogP contribution in [0.5, 0.6) is 0 Å². The lowest BCUT2D eigenvalue weighted by Gasteiger charge is -2.24. The molecule has 130 valence electrons. The van der Waals surface area contributed by atoms with Crippen molar-refractivity contribution in [3.8, 4) is 0 Å². The molecule has 1 saturated heterocycles. The topological polar surface area (TPSA) is 75.7 Å². The Kier molecular flexibility index (Phi) is 5.83. The van der Waals surface area contributed by atoms with Crippen molar-refractivity contribution in [2.75, 3.05) is 20.2 Å². The smallest absolute Gasteiger partial charge is 0.325 e. The van der Waals surface area contributed by atoms with Crippen molar-refractivity contribution < 1.29 is 27.9 Å². The maximum atomic E-state index is 13.7. The van der Waals surface area contributed by atoms with Crippen LogP contribution in [-0.4, -0.2) is 48.9 Å². The Morgan fingerprint density at radius 3 is 2.58 bits per heavy atom. The summed E-state index contributed by atoms with van der Waals surface area (Å²) < 4.78 is 31.7. The summed E-state index contributed by atoms with van der Waals surface area (Å²) in [6.45, 7) is 0.0288. The number of nitrogens with one attached hydrogen (secondary N) is 1. The number of carbonyl (C=O) groups excluding carboxylic acids is 3. The minimum atomic E-state index is -0.797. The molecule has 1 aliphatic rings. The van der Waals surface area contributed by atoms with Gasteiger partial charge in [0, 0.05) is 12.1 Å². The van der Waals surface area contributed by atoms with Gasteiger partial charge in [0.15, 0.2) is 0 Å². The average Bonchev–Trinajstić information content (AvgIpc) is 3.05. The molecule has 1 heterocycles. The summed E-state index contributed by atoms with van der Waals surface area (Å²) in [6.07, 6.45) is 0.569. The van der Waals surface area contributed by atoms with E-state index in [9.17, 15) is 23.2 Å². The van der Waals surface area contributed by atoms with Gasteiger partial charge < -0.3 is 15.0 Å². The van der Waals surface area contributed by atoms with Crippen LogP contribution in [0.3, 0.4) is 0 Å². The van der Waals surface area contributed by atoms with E-state index in [0.717, 1.165) is 12.1 Å². The molecule has 1 aromatic rings. The Morgan fingerprint density at radius 1 is 1.29 bits per heavy atom. The predicted molar refractivity (Wildman–Crippen MR) is 79.8 cm³/mol. The van der Waals surface area contributed by atoms with E-state index in [1.807, 2.05) is 0 Å². The zero-order valence-corrected chi connectivity index (χ0v) is 13.2. The molecule has 1 fully saturated rings. The van der Waals surface area contributed by atoms with Gasteiger partial charge in [0.25, 0.3) is 0 Å². The van der Waals surface area contributed by atoms with Gasteiger partial charge in [-0.05, 0) is 25.0 Å². The van der Waals surface area contributed by atoms with Gasteiger partial charge in [-0.2, -0.15) is 0 Å². The van der Waals surface area contributed by atoms with Crippen LogP contribution in [0.15, 0.2) is 18.2 Å². The van der Waals surface area contributed by atoms with Gasteiger partial charge in [0.1, 0.15) is 24.2 Å². The lowest BCUT2D eigenvalue weighted by atomic mass is 10.1. The van der Waals surface area contributed by atoms with E-state index in [1.165, 1.54) is 18.1 Å². The molecule has 1 N–H and O–H groups in total. The van der Waals surface area contributed by atoms with E-state index in [-0.39, 0.29) is 12.1 Å². The van der Waals surface area contributed by atoms with Gasteiger partial charge in [0.05, 0.1) is 13.5 Å². The maximum absolute atomic E-state index is 13.7. The second-order valence-corrected chi connectivity index (χ2v) is 5.42. The third kappa shape index (κ3) is 4.06. The normalized spacial score (nSPS) is 16.8. The number of likely N-dealkylation sites (tertiary alicyclic amines) is 1. The number of carbonyl (C=O) groups is 3. The Labute approximate surface area is 137 Å². The third-order valence-corrected chi connectivity index (χ3v) is 3.90. The molecule has 1 atom stereocenters. The molecule has 2 rings (SSSR count). The molecule has 0 saturated carbocycles. The van der Waals surface area contributed by atoms with Crippen LogP contribution >= 0.6 is 0 Å². The molecular formula is C16H18F2N2O4. The third-order valence-electron chi connectivity index (χ3n) is 3.90. The van der Waals surface area contributed by atoms with Crippen LogP contribution in [0.2, 0.25) is 0 Å². The molecule has 0 bridgehead atoms. The number of amides is 2. The number of hydrogen-bond donors (Lipinski definition) is 1. The van der Waals surface area contributed by atoms with Gasteiger partial charge in [-0.1, -0.05) is 6.07 Å². The number of ether oxygens (including phenoxy) is 1. The standard InChI is InChI=1S/C16H18F2N2O4/c1-24-15(22)9-19-16(23)13-6-3-7-20(13)14(21)8-10-11(17)4-2-5-12(10)18/h2,4-5,13H,3,6-9H2,1H3,(H,19,23)/t13-/m0/s1. The highest BCUT2D eigenvalue weighted by atomic mass is 19.1. The molecule has 8 heteroatoms. The number of rotatable bonds is 5. The van der Waals surface area contributed by atoms with Crippen molar-refractivity contribution in [1.29, 1.82) is 0 Å². The van der Waals surface area contributed by atoms with Crippen LogP contribution in [0, 0.1) is 11.6 Å². The zero-order valence-electron chi connectivity index (χ0n) is 13.2. The molecule has 6 nitrogen and oxygen atoms in total. The van der Waals surface area contributed by atoms with E-state index in [0.29, 0.717) is 19.4 Å². The first kappa shape index (κ1) is 17.8. The van der Waals surface area contributed by atoms with Crippen LogP contribution in [0.25, 0.3) is 0 Å². The first-order valence-corrected chi connectivity index (χ1v) is 7.51. The van der Waals surface area contributed by atoms with Crippen molar-refractivity contribution in [1.82, 2.24) is 10.2 Å². The summed E-state index contributed by atoms with van der Waals surface area (Å²) in [4.78, 5) is 36.8. The molecule has 0 aliphatic carbocycles. The Balaban J connectivity index is 2.03. The van der Waals surface area contributed by atoms with Crippen LogP contribution < -0.4 is 5.32 Å². The predicted octanol–water partition coefficient (Wildman–Crippen LogP) is 0.788. The van der Waals surface area contributed by atoms with Gasteiger partial charge in [-0.15, -0.1) is 0 Å². The minimum Gasteiger partial charge on any atom is -0.468 e. The fourth-order valence-corrected chi connectivity index (χ4v) is 2.64. The van der Waals surface area contributed by atoms with Gasteiger partial charge in [0.2, 0.25) is 11.8 Å². The SMILES string of the molecule is COC(=O)CNC(=O)[C@@H]1CCCN1C(=O)Cc1c(F)cccc1F. The highest BCUT2D eigenvalue weighted by molar-refractivity contribution is 5.90. The summed E-state index contributed by atoms with van der Waals surface area (Å²) in [7, 11) is 1.20. The highest BCUT2D eigenvalue weighted by Gasteiger charge is 2.34. The molecule has 1 aliphatic heterocycles. The molecule has 24 heavy (non-hydrogen) atoms. The summed E-state index contributed by atoms with van der Waals surface area (Å²) in [5, 5.41) is 2.39. The summed E-state index contributed by atoms with van der Waals surface area (Å²) in [6, 6.07) is 2.63. The van der Waals surface area contributed by atoms with E-state index >= 15 is 0 Å². The summed E-state index contributed by atoms with van der Waals surface area (Å²) >= 11 is 0. The maximum Gasteiger partial charge on any atom is 0.325 e. The fraction of sp³-hybridized carbons (Fsp3) is 0.438. The van der Waals surface area contributed by atoms with Crippen LogP contribution in [0.4, 0.5) is 8.78 Å². The van der Waals surface area contributed by atoms with Crippen molar-refractivity contribution in [2.45, 2.75) is 25.3 Å². The number of hydrogen-bond acceptors (Lipinski definition) is 4. The van der Waals surface area contributed by atoms with Crippen molar-refractivity contribution >= 4 is 17.8 Å². The number of esters is 1. The Hall–Kier alpha value is -2.51. The van der Waals surface area contributed by atoms with E-state index in [2.05, 4.69) is 10.1 Å². The number of benzene rings is 1. The molecular weight excluding hydrogens is 322 g/mol. The quantitative estimate of drug-likeness (QED) is 0.804. The van der Waals surface area contributed by atoms with E-state index < -0.39 is 41.9 Å². The lowest BCUT2D eigenvalue weighted by molar-refractivity contribution is -0.142. The summed E-state index contributed by atoms with van der Waals surface area (Å²) in [5.74, 6) is -3.22. The zero-order chi connectivity index (χ0) is 17.7. The van der Waals surface area contributed by atoms with Crippen LogP contribution in [0.1, 0.15) is 18.4 Å². The lowest BCUT2D eigenvalue weighted by Crippen LogP contribution is -2.47. The fourth-order valence-electron chi connectivity index (χ4n) is 2.64. The molecule has 0 spiro atoms. The van der Waals surface area contributed by atoms with E-state index in [1.54, 1.807) is 0 Å². The Bertz CT molecular complexity index is 631. The first-order valence-electron chi connectivity index (χ1n) is 7.51. The second kappa shape index (κ2) is 7.85. The Morgan fingerprint density at radius 2 is 1.96 bits per heavy atom. The molecule has 0 aromatic heterocycles. The molecule has 0 unspecified atom stereocenters. The molecule has 2 amide bonds. The van der Waals surface area contributed by atoms with Crippen LogP contribution in [-0.2, 0) is 25.5 Å². The van der Waals surface area contributed by atoms with Crippen molar-refractivity contribution in [3.05, 3.63) is 35.4 Å². The minimum absolute atomic E-state index is 0.296. The second-order valence-electron chi connectivity index (χ2n) is 5.42. The number of methoxy groups -OCH3 is 1. The number of halogens is 2. The van der Waals surface area contributed by atoms with Gasteiger partial charge in [-0.25, -0.2) is 8.78 Å². The van der Waals surface area contributed by atoms with E-state index in [4.69, 9.17) is 0 Å². The van der Waals surface area contributed by atoms with Crippen molar-refractivity contribution in [3.63, 3.8) is 0 Å². The first-order chi connectivity index (χ1) is 11.4. The molecule has 1 aromatic carbocycles. The highest BCUT2D eigenvalue weighted by Crippen LogP contribution is 2.20. The van der Waals surface area contributed by atoms with Gasteiger partial charge >= 0.3 is 5.97 Å². The van der Waals surface area contributed by atoms with Gasteiger partial charge in [-0.3, -0.25) is 14.4 Å².